The third-order valence-corrected chi connectivity index (χ3v) is 4.57. The van der Waals surface area contributed by atoms with Crippen molar-refractivity contribution in [2.75, 3.05) is 13.1 Å². The Morgan fingerprint density at radius 2 is 2.25 bits per heavy atom. The summed E-state index contributed by atoms with van der Waals surface area (Å²) in [6.45, 7) is 3.43. The molecule has 6 heteroatoms. The van der Waals surface area contributed by atoms with Gasteiger partial charge >= 0.3 is 0 Å². The number of piperidine rings is 1. The zero-order valence-electron chi connectivity index (χ0n) is 13.6. The second kappa shape index (κ2) is 6.03. The Labute approximate surface area is 140 Å². The average Bonchev–Trinajstić information content (AvgIpc) is 3.09. The fourth-order valence-corrected chi connectivity index (χ4v) is 3.33. The number of likely N-dealkylation sites (tertiary alicyclic amines) is 1. The fraction of sp³-hybridized carbons (Fsp3) is 0.333. The van der Waals surface area contributed by atoms with Crippen molar-refractivity contribution in [1.29, 1.82) is 0 Å². The van der Waals surface area contributed by atoms with Crippen LogP contribution in [0.3, 0.4) is 0 Å². The highest BCUT2D eigenvalue weighted by atomic mass is 16.2. The number of nitrogens with one attached hydrogen (secondary N) is 1. The van der Waals surface area contributed by atoms with Crippen LogP contribution in [0, 0.1) is 6.92 Å². The van der Waals surface area contributed by atoms with E-state index >= 15 is 0 Å². The van der Waals surface area contributed by atoms with Crippen molar-refractivity contribution >= 4 is 16.9 Å². The summed E-state index contributed by atoms with van der Waals surface area (Å²) in [6, 6.07) is 5.61. The molecule has 0 bridgehead atoms. The molecule has 0 radical (unpaired) electrons. The molecule has 1 aliphatic heterocycles. The number of fused-ring (bicyclic) bond motifs is 1. The molecule has 1 aromatic carbocycles. The van der Waals surface area contributed by atoms with Crippen LogP contribution in [0.2, 0.25) is 0 Å². The molecule has 3 aromatic rings. The van der Waals surface area contributed by atoms with Crippen molar-refractivity contribution in [2.24, 2.45) is 0 Å². The number of aromatic nitrogens is 4. The van der Waals surface area contributed by atoms with Gasteiger partial charge in [-0.3, -0.25) is 14.8 Å². The predicted molar refractivity (Wildman–Crippen MR) is 90.7 cm³/mol. The molecule has 1 fully saturated rings. The van der Waals surface area contributed by atoms with Crippen LogP contribution in [0.4, 0.5) is 0 Å². The molecule has 1 amide bonds. The quantitative estimate of drug-likeness (QED) is 0.787. The van der Waals surface area contributed by atoms with Crippen LogP contribution in [0.1, 0.15) is 40.5 Å². The van der Waals surface area contributed by atoms with Gasteiger partial charge in [-0.15, -0.1) is 0 Å². The fourth-order valence-electron chi connectivity index (χ4n) is 3.33. The van der Waals surface area contributed by atoms with Crippen molar-refractivity contribution in [3.8, 4) is 0 Å². The number of amides is 1. The Bertz CT molecular complexity index is 888. The van der Waals surface area contributed by atoms with Crippen molar-refractivity contribution in [3.05, 3.63) is 53.9 Å². The number of aryl methyl sites for hydroxylation is 1. The second-order valence-electron chi connectivity index (χ2n) is 6.31. The van der Waals surface area contributed by atoms with E-state index in [4.69, 9.17) is 0 Å². The number of benzene rings is 1. The van der Waals surface area contributed by atoms with Gasteiger partial charge in [-0.25, -0.2) is 4.98 Å². The molecule has 0 unspecified atom stereocenters. The number of rotatable bonds is 2. The summed E-state index contributed by atoms with van der Waals surface area (Å²) in [7, 11) is 0. The van der Waals surface area contributed by atoms with Gasteiger partial charge in [0.05, 0.1) is 28.7 Å². The van der Waals surface area contributed by atoms with E-state index < -0.39 is 0 Å². The molecule has 1 saturated heterocycles. The van der Waals surface area contributed by atoms with E-state index in [2.05, 4.69) is 19.9 Å². The lowest BCUT2D eigenvalue weighted by molar-refractivity contribution is 0.0706. The Kier molecular flexibility index (Phi) is 3.72. The molecule has 122 valence electrons. The predicted octanol–water partition coefficient (Wildman–Crippen LogP) is 2.68. The highest BCUT2D eigenvalue weighted by Crippen LogP contribution is 2.26. The van der Waals surface area contributed by atoms with E-state index in [1.165, 1.54) is 0 Å². The van der Waals surface area contributed by atoms with Gasteiger partial charge in [-0.2, -0.15) is 0 Å². The average molecular weight is 321 g/mol. The van der Waals surface area contributed by atoms with E-state index in [9.17, 15) is 4.79 Å². The number of aromatic amines is 1. The Morgan fingerprint density at radius 3 is 3.12 bits per heavy atom. The van der Waals surface area contributed by atoms with Gasteiger partial charge in [0, 0.05) is 37.0 Å². The molecular formula is C18H19N5O. The summed E-state index contributed by atoms with van der Waals surface area (Å²) in [6.07, 6.45) is 7.25. The van der Waals surface area contributed by atoms with Gasteiger partial charge in [0.1, 0.15) is 0 Å². The van der Waals surface area contributed by atoms with Crippen molar-refractivity contribution < 1.29 is 4.79 Å². The van der Waals surface area contributed by atoms with E-state index in [0.717, 1.165) is 41.8 Å². The number of imidazole rings is 1. The summed E-state index contributed by atoms with van der Waals surface area (Å²) < 4.78 is 0. The molecule has 2 aromatic heterocycles. The summed E-state index contributed by atoms with van der Waals surface area (Å²) in [5, 5.41) is 0. The van der Waals surface area contributed by atoms with Gasteiger partial charge in [0.25, 0.3) is 5.91 Å². The molecular weight excluding hydrogens is 302 g/mol. The Hall–Kier alpha value is -2.76. The standard InChI is InChI=1S/C18H19N5O/c1-12-8-19-9-17(22-12)14-3-2-6-23(10-14)18(24)13-4-5-15-16(7-13)21-11-20-15/h4-5,7-9,11,14H,2-3,6,10H2,1H3,(H,20,21)/t14-/m1/s1. The van der Waals surface area contributed by atoms with Crippen molar-refractivity contribution in [2.45, 2.75) is 25.7 Å². The van der Waals surface area contributed by atoms with E-state index in [0.29, 0.717) is 12.1 Å². The molecule has 6 nitrogen and oxygen atoms in total. The number of carbonyl (C=O) groups is 1. The zero-order chi connectivity index (χ0) is 16.5. The summed E-state index contributed by atoms with van der Waals surface area (Å²) in [4.78, 5) is 30.9. The SMILES string of the molecule is Cc1cncc([C@@H]2CCCN(C(=O)c3ccc4nc[nH]c4c3)C2)n1. The van der Waals surface area contributed by atoms with E-state index in [1.807, 2.05) is 36.2 Å². The first kappa shape index (κ1) is 14.8. The molecule has 1 N–H and O–H groups in total. The number of nitrogens with zero attached hydrogens (tertiary/aromatic N) is 4. The van der Waals surface area contributed by atoms with Crippen LogP contribution in [0.5, 0.6) is 0 Å². The minimum Gasteiger partial charge on any atom is -0.345 e. The third kappa shape index (κ3) is 2.75. The van der Waals surface area contributed by atoms with Gasteiger partial charge in [-0.05, 0) is 38.0 Å². The largest absolute Gasteiger partial charge is 0.345 e. The normalized spacial score (nSPS) is 18.0. The van der Waals surface area contributed by atoms with Crippen LogP contribution < -0.4 is 0 Å². The van der Waals surface area contributed by atoms with Gasteiger partial charge in [0.2, 0.25) is 0 Å². The number of hydrogen-bond donors (Lipinski definition) is 1. The summed E-state index contributed by atoms with van der Waals surface area (Å²) in [5.41, 5.74) is 4.36. The van der Waals surface area contributed by atoms with E-state index in [1.54, 1.807) is 12.5 Å². The van der Waals surface area contributed by atoms with Crippen molar-refractivity contribution in [3.63, 3.8) is 0 Å². The highest BCUT2D eigenvalue weighted by molar-refractivity contribution is 5.97. The second-order valence-corrected chi connectivity index (χ2v) is 6.31. The molecule has 0 saturated carbocycles. The van der Waals surface area contributed by atoms with Crippen LogP contribution in [0.25, 0.3) is 11.0 Å². The Balaban J connectivity index is 1.55. The number of H-pyrrole nitrogens is 1. The number of carbonyl (C=O) groups excluding carboxylic acids is 1. The molecule has 24 heavy (non-hydrogen) atoms. The van der Waals surface area contributed by atoms with Crippen LogP contribution in [-0.2, 0) is 0 Å². The highest BCUT2D eigenvalue weighted by Gasteiger charge is 2.26. The van der Waals surface area contributed by atoms with Gasteiger partial charge in [0.15, 0.2) is 0 Å². The molecule has 0 aliphatic carbocycles. The summed E-state index contributed by atoms with van der Waals surface area (Å²) in [5.74, 6) is 0.322. The van der Waals surface area contributed by atoms with Crippen LogP contribution >= 0.6 is 0 Å². The maximum atomic E-state index is 12.9. The van der Waals surface area contributed by atoms with Gasteiger partial charge < -0.3 is 9.88 Å². The van der Waals surface area contributed by atoms with Gasteiger partial charge in [-0.1, -0.05) is 0 Å². The molecule has 4 rings (SSSR count). The lowest BCUT2D eigenvalue weighted by Gasteiger charge is -2.32. The zero-order valence-corrected chi connectivity index (χ0v) is 13.6. The molecule has 0 spiro atoms. The lowest BCUT2D eigenvalue weighted by Crippen LogP contribution is -2.39. The first-order chi connectivity index (χ1) is 11.7. The van der Waals surface area contributed by atoms with E-state index in [-0.39, 0.29) is 11.8 Å². The monoisotopic (exact) mass is 321 g/mol. The minimum atomic E-state index is 0.0665. The first-order valence-electron chi connectivity index (χ1n) is 8.21. The lowest BCUT2D eigenvalue weighted by atomic mass is 9.94. The topological polar surface area (TPSA) is 74.8 Å². The Morgan fingerprint density at radius 1 is 1.33 bits per heavy atom. The number of hydrogen-bond acceptors (Lipinski definition) is 4. The summed E-state index contributed by atoms with van der Waals surface area (Å²) >= 11 is 0. The maximum Gasteiger partial charge on any atom is 0.253 e. The third-order valence-electron chi connectivity index (χ3n) is 4.57. The smallest absolute Gasteiger partial charge is 0.253 e. The maximum absolute atomic E-state index is 12.9. The van der Waals surface area contributed by atoms with Crippen LogP contribution in [-0.4, -0.2) is 43.8 Å². The first-order valence-corrected chi connectivity index (χ1v) is 8.21. The molecule has 1 aliphatic rings. The minimum absolute atomic E-state index is 0.0665. The van der Waals surface area contributed by atoms with Crippen molar-refractivity contribution in [1.82, 2.24) is 24.8 Å². The van der Waals surface area contributed by atoms with Crippen LogP contribution in [0.15, 0.2) is 36.9 Å². The molecule has 3 heterocycles. The molecule has 1 atom stereocenters.